The second kappa shape index (κ2) is 4.21. The van der Waals surface area contributed by atoms with E-state index in [1.54, 1.807) is 18.2 Å². The minimum Gasteiger partial charge on any atom is -0.486 e. The van der Waals surface area contributed by atoms with Gasteiger partial charge in [0.15, 0.2) is 5.78 Å². The van der Waals surface area contributed by atoms with Gasteiger partial charge in [0.05, 0.1) is 12.0 Å². The molecule has 0 unspecified atom stereocenters. The number of nitrogens with one attached hydrogen (secondary N) is 1. The Kier molecular flexibility index (Phi) is 2.67. The molecular weight excluding hydrogens is 230 g/mol. The number of benzene rings is 1. The largest absolute Gasteiger partial charge is 0.486 e. The van der Waals surface area contributed by atoms with E-state index in [0.717, 1.165) is 32.2 Å². The predicted octanol–water partition coefficient (Wildman–Crippen LogP) is 1.59. The van der Waals surface area contributed by atoms with Crippen LogP contribution in [0.15, 0.2) is 18.2 Å². The number of carbonyl (C=O) groups excluding carboxylic acids is 2. The van der Waals surface area contributed by atoms with E-state index in [-0.39, 0.29) is 11.4 Å². The number of aldehydes is 1. The molecule has 0 amide bonds. The molecule has 0 aromatic heterocycles. The minimum atomic E-state index is -0.335. The van der Waals surface area contributed by atoms with Crippen LogP contribution < -0.4 is 10.1 Å². The van der Waals surface area contributed by atoms with Gasteiger partial charge in [-0.1, -0.05) is 0 Å². The van der Waals surface area contributed by atoms with Gasteiger partial charge in [0.25, 0.3) is 0 Å². The number of ether oxygens (including phenoxy) is 1. The molecule has 2 aliphatic rings. The Morgan fingerprint density at radius 2 is 2.06 bits per heavy atom. The number of hydrogen-bond acceptors (Lipinski definition) is 4. The lowest BCUT2D eigenvalue weighted by molar-refractivity contribution is 0.0187. The second-order valence-electron chi connectivity index (χ2n) is 5.01. The first-order chi connectivity index (χ1) is 8.72. The average Bonchev–Trinajstić information content (AvgIpc) is 2.39. The van der Waals surface area contributed by atoms with Gasteiger partial charge in [0.1, 0.15) is 17.6 Å². The summed E-state index contributed by atoms with van der Waals surface area (Å²) in [6.07, 6.45) is 2.88. The fourth-order valence-corrected chi connectivity index (χ4v) is 2.75. The van der Waals surface area contributed by atoms with Crippen LogP contribution in [0.1, 0.15) is 40.0 Å². The number of fused-ring (bicyclic) bond motifs is 1. The fraction of sp³-hybridized carbons (Fsp3) is 0.429. The Labute approximate surface area is 105 Å². The molecule has 1 aromatic rings. The Balaban J connectivity index is 1.97. The van der Waals surface area contributed by atoms with Gasteiger partial charge >= 0.3 is 0 Å². The number of rotatable bonds is 1. The summed E-state index contributed by atoms with van der Waals surface area (Å²) in [5.74, 6) is 0.709. The van der Waals surface area contributed by atoms with E-state index >= 15 is 0 Å². The third-order valence-corrected chi connectivity index (χ3v) is 3.76. The van der Waals surface area contributed by atoms with Crippen molar-refractivity contribution < 1.29 is 14.3 Å². The highest BCUT2D eigenvalue weighted by molar-refractivity contribution is 6.01. The molecule has 4 nitrogen and oxygen atoms in total. The van der Waals surface area contributed by atoms with Crippen LogP contribution in [0.4, 0.5) is 0 Å². The summed E-state index contributed by atoms with van der Waals surface area (Å²) in [7, 11) is 0. The maximum Gasteiger partial charge on any atom is 0.170 e. The molecule has 4 heteroatoms. The van der Waals surface area contributed by atoms with Gasteiger partial charge in [0.2, 0.25) is 0 Å². The second-order valence-corrected chi connectivity index (χ2v) is 5.01. The zero-order chi connectivity index (χ0) is 12.6. The maximum atomic E-state index is 12.2. The first-order valence-corrected chi connectivity index (χ1v) is 6.25. The van der Waals surface area contributed by atoms with E-state index in [9.17, 15) is 9.59 Å². The van der Waals surface area contributed by atoms with E-state index in [4.69, 9.17) is 4.74 Å². The number of ketones is 1. The smallest absolute Gasteiger partial charge is 0.170 e. The molecule has 0 saturated carbocycles. The first kappa shape index (κ1) is 11.4. The molecule has 0 aliphatic carbocycles. The van der Waals surface area contributed by atoms with Crippen LogP contribution in [-0.4, -0.2) is 30.8 Å². The summed E-state index contributed by atoms with van der Waals surface area (Å²) in [4.78, 5) is 22.9. The molecule has 2 heterocycles. The highest BCUT2D eigenvalue weighted by Crippen LogP contribution is 2.38. The van der Waals surface area contributed by atoms with Crippen LogP contribution in [0.2, 0.25) is 0 Å². The molecule has 3 rings (SSSR count). The number of hydrogen-bond donors (Lipinski definition) is 1. The third-order valence-electron chi connectivity index (χ3n) is 3.76. The highest BCUT2D eigenvalue weighted by atomic mass is 16.5. The van der Waals surface area contributed by atoms with Crippen molar-refractivity contribution in [1.82, 2.24) is 5.32 Å². The van der Waals surface area contributed by atoms with Crippen LogP contribution in [0, 0.1) is 0 Å². The van der Waals surface area contributed by atoms with Crippen molar-refractivity contribution in [2.45, 2.75) is 24.9 Å². The molecule has 1 spiro atoms. The molecule has 18 heavy (non-hydrogen) atoms. The number of piperidine rings is 1. The van der Waals surface area contributed by atoms with Crippen molar-refractivity contribution in [3.8, 4) is 5.75 Å². The Hall–Kier alpha value is -1.68. The van der Waals surface area contributed by atoms with E-state index < -0.39 is 0 Å². The van der Waals surface area contributed by atoms with Crippen molar-refractivity contribution in [3.05, 3.63) is 29.3 Å². The van der Waals surface area contributed by atoms with Crippen molar-refractivity contribution >= 4 is 12.1 Å². The molecule has 94 valence electrons. The quantitative estimate of drug-likeness (QED) is 0.763. The normalized spacial score (nSPS) is 21.2. The lowest BCUT2D eigenvalue weighted by Crippen LogP contribution is -2.49. The summed E-state index contributed by atoms with van der Waals surface area (Å²) in [5.41, 5.74) is 0.730. The fourth-order valence-electron chi connectivity index (χ4n) is 2.75. The predicted molar refractivity (Wildman–Crippen MR) is 66.2 cm³/mol. The molecule has 1 saturated heterocycles. The van der Waals surface area contributed by atoms with E-state index in [2.05, 4.69) is 5.32 Å². The van der Waals surface area contributed by atoms with Crippen molar-refractivity contribution in [3.63, 3.8) is 0 Å². The van der Waals surface area contributed by atoms with Crippen LogP contribution in [0.3, 0.4) is 0 Å². The molecule has 0 radical (unpaired) electrons. The Morgan fingerprint density at radius 3 is 2.78 bits per heavy atom. The van der Waals surface area contributed by atoms with E-state index in [1.165, 1.54) is 0 Å². The van der Waals surface area contributed by atoms with Gasteiger partial charge in [-0.25, -0.2) is 0 Å². The van der Waals surface area contributed by atoms with Crippen LogP contribution >= 0.6 is 0 Å². The van der Waals surface area contributed by atoms with Gasteiger partial charge < -0.3 is 10.1 Å². The summed E-state index contributed by atoms with van der Waals surface area (Å²) in [5, 5.41) is 3.28. The SMILES string of the molecule is O=Cc1ccc2c(c1)C(=O)CC1(CCNCC1)O2. The average molecular weight is 245 g/mol. The van der Waals surface area contributed by atoms with Gasteiger partial charge in [-0.2, -0.15) is 0 Å². The van der Waals surface area contributed by atoms with Crippen molar-refractivity contribution in [1.29, 1.82) is 0 Å². The van der Waals surface area contributed by atoms with Crippen molar-refractivity contribution in [2.24, 2.45) is 0 Å². The summed E-state index contributed by atoms with van der Waals surface area (Å²) in [6, 6.07) is 5.05. The molecule has 0 atom stereocenters. The molecular formula is C14H15NO3. The standard InChI is InChI=1S/C14H15NO3/c16-9-10-1-2-13-11(7-10)12(17)8-14(18-13)3-5-15-6-4-14/h1-2,7,9,15H,3-6,8H2. The Bertz CT molecular complexity index is 504. The highest BCUT2D eigenvalue weighted by Gasteiger charge is 2.41. The molecule has 1 N–H and O–H groups in total. The van der Waals surface area contributed by atoms with Crippen LogP contribution in [0.25, 0.3) is 0 Å². The molecule has 2 aliphatic heterocycles. The molecule has 1 aromatic carbocycles. The van der Waals surface area contributed by atoms with Crippen LogP contribution in [-0.2, 0) is 0 Å². The first-order valence-electron chi connectivity index (χ1n) is 6.25. The number of Topliss-reactive ketones (excluding diaryl/α,β-unsaturated/α-hetero) is 1. The summed E-state index contributed by atoms with van der Waals surface area (Å²) < 4.78 is 6.05. The Morgan fingerprint density at radius 1 is 1.28 bits per heavy atom. The monoisotopic (exact) mass is 245 g/mol. The zero-order valence-corrected chi connectivity index (χ0v) is 10.1. The zero-order valence-electron chi connectivity index (χ0n) is 10.1. The lowest BCUT2D eigenvalue weighted by Gasteiger charge is -2.40. The van der Waals surface area contributed by atoms with Crippen molar-refractivity contribution in [2.75, 3.05) is 13.1 Å². The third kappa shape index (κ3) is 1.82. The van der Waals surface area contributed by atoms with Crippen LogP contribution in [0.5, 0.6) is 5.75 Å². The summed E-state index contributed by atoms with van der Waals surface area (Å²) >= 11 is 0. The van der Waals surface area contributed by atoms with Gasteiger partial charge in [-0.3, -0.25) is 9.59 Å². The van der Waals surface area contributed by atoms with E-state index in [1.807, 2.05) is 0 Å². The lowest BCUT2D eigenvalue weighted by atomic mass is 9.83. The van der Waals surface area contributed by atoms with Gasteiger partial charge in [0, 0.05) is 18.4 Å². The minimum absolute atomic E-state index is 0.0850. The van der Waals surface area contributed by atoms with E-state index in [0.29, 0.717) is 23.3 Å². The molecule has 0 bridgehead atoms. The maximum absolute atomic E-state index is 12.2. The van der Waals surface area contributed by atoms with Gasteiger partial charge in [-0.15, -0.1) is 0 Å². The topological polar surface area (TPSA) is 55.4 Å². The van der Waals surface area contributed by atoms with Gasteiger partial charge in [-0.05, 0) is 31.3 Å². The summed E-state index contributed by atoms with van der Waals surface area (Å²) in [6.45, 7) is 1.77. The molecule has 1 fully saturated rings. The number of carbonyl (C=O) groups is 2.